The molecule has 0 aliphatic carbocycles. The van der Waals surface area contributed by atoms with Crippen LogP contribution < -0.4 is 0 Å². The molecule has 0 aliphatic rings. The molecule has 0 saturated carbocycles. The molecule has 4 heterocycles. The number of aromatic nitrogens is 1. The third-order valence-corrected chi connectivity index (χ3v) is 15.6. The second kappa shape index (κ2) is 16.7. The lowest BCUT2D eigenvalue weighted by Gasteiger charge is -2.10. The largest absolute Gasteiger partial charge is 0.456 e. The number of benzene rings is 12. The van der Waals surface area contributed by atoms with Gasteiger partial charge in [-0.2, -0.15) is 0 Å². The van der Waals surface area contributed by atoms with E-state index in [0.717, 1.165) is 116 Å². The summed E-state index contributed by atoms with van der Waals surface area (Å²) in [5.74, 6) is 0. The minimum Gasteiger partial charge on any atom is -0.456 e. The zero-order chi connectivity index (χ0) is 49.8. The van der Waals surface area contributed by atoms with Gasteiger partial charge < -0.3 is 17.8 Å². The Labute approximate surface area is 436 Å². The molecular formula is C72H43NO3. The van der Waals surface area contributed by atoms with E-state index < -0.39 is 0 Å². The first-order valence-electron chi connectivity index (χ1n) is 25.9. The molecular weight excluding hydrogens is 927 g/mol. The fourth-order valence-corrected chi connectivity index (χ4v) is 11.8. The van der Waals surface area contributed by atoms with E-state index in [1.807, 2.05) is 12.1 Å². The topological polar surface area (TPSA) is 44.4 Å². The zero-order valence-electron chi connectivity index (χ0n) is 41.0. The molecule has 16 aromatic rings. The summed E-state index contributed by atoms with van der Waals surface area (Å²) in [4.78, 5) is 0. The number of nitrogens with zero attached hydrogens (tertiary/aromatic N) is 1. The van der Waals surface area contributed by atoms with E-state index in [0.29, 0.717) is 0 Å². The van der Waals surface area contributed by atoms with E-state index in [-0.39, 0.29) is 0 Å². The van der Waals surface area contributed by atoms with Gasteiger partial charge in [-0.25, -0.2) is 0 Å². The lowest BCUT2D eigenvalue weighted by Crippen LogP contribution is -1.93. The van der Waals surface area contributed by atoms with Crippen LogP contribution in [0.15, 0.2) is 274 Å². The van der Waals surface area contributed by atoms with E-state index in [1.165, 1.54) is 44.1 Å². The Morgan fingerprint density at radius 2 is 0.461 bits per heavy atom. The van der Waals surface area contributed by atoms with E-state index in [9.17, 15) is 0 Å². The Bertz CT molecular complexity index is 4970. The minimum absolute atomic E-state index is 0.870. The van der Waals surface area contributed by atoms with Crippen molar-refractivity contribution >= 4 is 87.6 Å². The number of rotatable bonds is 7. The molecule has 0 N–H and O–H groups in total. The van der Waals surface area contributed by atoms with Gasteiger partial charge in [0.05, 0.1) is 11.0 Å². The van der Waals surface area contributed by atoms with Gasteiger partial charge in [0, 0.05) is 48.8 Å². The standard InChI is InChI=1S/C72H43NO3/c1-4-22-65-57(19-1)58-20-2-5-23-66(58)73(65)56-29-34-72-64(43-56)63-42-55(28-33-71(63)76-72)51-18-10-17-50(38-51)54-27-32-70-62(41-54)61-40-53(26-31-69(61)75-70)49-16-9-14-47(37-49)45-12-7-11-44(35-45)46-13-8-15-48(36-46)52-25-30-68-60(39-52)59-21-3-6-24-67(59)74-68/h1-43H. The van der Waals surface area contributed by atoms with Gasteiger partial charge >= 0.3 is 0 Å². The van der Waals surface area contributed by atoms with Crippen molar-refractivity contribution in [3.05, 3.63) is 261 Å². The van der Waals surface area contributed by atoms with Crippen molar-refractivity contribution in [1.29, 1.82) is 0 Å². The second-order valence-corrected chi connectivity index (χ2v) is 20.0. The lowest BCUT2D eigenvalue weighted by atomic mass is 9.94. The molecule has 0 fully saturated rings. The fraction of sp³-hybridized carbons (Fsp3) is 0. The molecule has 0 bridgehead atoms. The maximum absolute atomic E-state index is 6.47. The fourth-order valence-electron chi connectivity index (χ4n) is 11.8. The number of furan rings is 3. The van der Waals surface area contributed by atoms with Crippen molar-refractivity contribution in [2.75, 3.05) is 0 Å². The van der Waals surface area contributed by atoms with Crippen LogP contribution in [-0.4, -0.2) is 4.57 Å². The Morgan fingerprint density at radius 1 is 0.184 bits per heavy atom. The molecule has 0 unspecified atom stereocenters. The summed E-state index contributed by atoms with van der Waals surface area (Å²) in [6, 6.07) is 93.7. The highest BCUT2D eigenvalue weighted by Gasteiger charge is 2.17. The van der Waals surface area contributed by atoms with Crippen LogP contribution in [0, 0.1) is 0 Å². The van der Waals surface area contributed by atoms with Crippen molar-refractivity contribution in [3.63, 3.8) is 0 Å². The van der Waals surface area contributed by atoms with Gasteiger partial charge in [-0.3, -0.25) is 0 Å². The molecule has 12 aromatic carbocycles. The molecule has 4 aromatic heterocycles. The highest BCUT2D eigenvalue weighted by Crippen LogP contribution is 2.41. The molecule has 0 spiro atoms. The van der Waals surface area contributed by atoms with Crippen molar-refractivity contribution in [2.24, 2.45) is 0 Å². The molecule has 4 heteroatoms. The van der Waals surface area contributed by atoms with Gasteiger partial charge in [-0.05, 0) is 176 Å². The maximum atomic E-state index is 6.47. The van der Waals surface area contributed by atoms with E-state index >= 15 is 0 Å². The third-order valence-electron chi connectivity index (χ3n) is 15.6. The first-order valence-corrected chi connectivity index (χ1v) is 25.9. The van der Waals surface area contributed by atoms with Gasteiger partial charge in [0.25, 0.3) is 0 Å². The van der Waals surface area contributed by atoms with Crippen molar-refractivity contribution in [1.82, 2.24) is 4.57 Å². The Hall–Kier alpha value is -10.2. The Balaban J connectivity index is 0.703. The summed E-state index contributed by atoms with van der Waals surface area (Å²) in [6.07, 6.45) is 0. The highest BCUT2D eigenvalue weighted by atomic mass is 16.3. The predicted molar refractivity (Wildman–Crippen MR) is 315 cm³/mol. The number of hydrogen-bond acceptors (Lipinski definition) is 3. The summed E-state index contributed by atoms with van der Waals surface area (Å²) in [6.45, 7) is 0. The number of fused-ring (bicyclic) bond motifs is 12. The van der Waals surface area contributed by atoms with Gasteiger partial charge in [-0.15, -0.1) is 0 Å². The molecule has 16 rings (SSSR count). The molecule has 0 atom stereocenters. The minimum atomic E-state index is 0.870. The van der Waals surface area contributed by atoms with Gasteiger partial charge in [-0.1, -0.05) is 152 Å². The normalized spacial score (nSPS) is 11.9. The number of hydrogen-bond donors (Lipinski definition) is 0. The van der Waals surface area contributed by atoms with Crippen molar-refractivity contribution in [3.8, 4) is 72.4 Å². The highest BCUT2D eigenvalue weighted by molar-refractivity contribution is 6.12. The maximum Gasteiger partial charge on any atom is 0.135 e. The molecule has 76 heavy (non-hydrogen) atoms. The molecule has 0 saturated heterocycles. The molecule has 4 nitrogen and oxygen atoms in total. The molecule has 0 radical (unpaired) electrons. The molecule has 0 amide bonds. The first-order chi connectivity index (χ1) is 37.6. The second-order valence-electron chi connectivity index (χ2n) is 20.0. The van der Waals surface area contributed by atoms with E-state index in [2.05, 4.69) is 253 Å². The first kappa shape index (κ1) is 42.4. The van der Waals surface area contributed by atoms with Crippen LogP contribution in [0.3, 0.4) is 0 Å². The third kappa shape index (κ3) is 6.85. The molecule has 0 aliphatic heterocycles. The van der Waals surface area contributed by atoms with Gasteiger partial charge in [0.2, 0.25) is 0 Å². The van der Waals surface area contributed by atoms with Crippen LogP contribution in [-0.2, 0) is 0 Å². The summed E-state index contributed by atoms with van der Waals surface area (Å²) >= 11 is 0. The SMILES string of the molecule is c1cc(-c2cccc(-c3ccc4oc5ccccc5c4c3)c2)cc(-c2cccc(-c3ccc4oc5ccc(-c6cccc(-c7ccc8oc9ccc(-n%10c%11ccccc%11c%11ccccc%11%10)cc9c8c7)c6)cc5c4c3)c2)c1. The van der Waals surface area contributed by atoms with Gasteiger partial charge in [0.1, 0.15) is 33.5 Å². The summed E-state index contributed by atoms with van der Waals surface area (Å²) in [7, 11) is 0. The van der Waals surface area contributed by atoms with Crippen LogP contribution in [0.4, 0.5) is 0 Å². The van der Waals surface area contributed by atoms with E-state index in [4.69, 9.17) is 13.3 Å². The number of para-hydroxylation sites is 3. The van der Waals surface area contributed by atoms with Crippen LogP contribution in [0.5, 0.6) is 0 Å². The smallest absolute Gasteiger partial charge is 0.135 e. The molecule has 354 valence electrons. The van der Waals surface area contributed by atoms with Gasteiger partial charge in [0.15, 0.2) is 0 Å². The van der Waals surface area contributed by atoms with E-state index in [1.54, 1.807) is 0 Å². The summed E-state index contributed by atoms with van der Waals surface area (Å²) < 4.78 is 21.4. The summed E-state index contributed by atoms with van der Waals surface area (Å²) in [5.41, 5.74) is 22.6. The summed E-state index contributed by atoms with van der Waals surface area (Å²) in [5, 5.41) is 9.14. The lowest BCUT2D eigenvalue weighted by molar-refractivity contribution is 0.668. The van der Waals surface area contributed by atoms with Crippen LogP contribution in [0.25, 0.3) is 160 Å². The quantitative estimate of drug-likeness (QED) is 0.160. The zero-order valence-corrected chi connectivity index (χ0v) is 41.0. The van der Waals surface area contributed by atoms with Crippen LogP contribution in [0.2, 0.25) is 0 Å². The van der Waals surface area contributed by atoms with Crippen molar-refractivity contribution < 1.29 is 13.3 Å². The van der Waals surface area contributed by atoms with Crippen LogP contribution in [0.1, 0.15) is 0 Å². The average Bonchev–Trinajstić information content (AvgIpc) is 4.28. The van der Waals surface area contributed by atoms with Crippen LogP contribution >= 0.6 is 0 Å². The van der Waals surface area contributed by atoms with Crippen molar-refractivity contribution in [2.45, 2.75) is 0 Å². The Morgan fingerprint density at radius 3 is 0.842 bits per heavy atom. The Kier molecular flexibility index (Phi) is 9.30. The average molecular weight is 970 g/mol. The predicted octanol–water partition coefficient (Wildman–Crippen LogP) is 20.5. The monoisotopic (exact) mass is 969 g/mol.